The maximum absolute atomic E-state index is 13.8. The van der Waals surface area contributed by atoms with E-state index in [0.29, 0.717) is 30.1 Å². The summed E-state index contributed by atoms with van der Waals surface area (Å²) in [7, 11) is 0. The zero-order chi connectivity index (χ0) is 24.5. The van der Waals surface area contributed by atoms with Crippen LogP contribution in [0, 0.1) is 0 Å². The van der Waals surface area contributed by atoms with Crippen molar-refractivity contribution in [1.29, 1.82) is 0 Å². The molecule has 0 aliphatic carbocycles. The van der Waals surface area contributed by atoms with E-state index >= 15 is 0 Å². The van der Waals surface area contributed by atoms with Gasteiger partial charge in [-0.25, -0.2) is 9.48 Å². The number of rotatable bonds is 3. The summed E-state index contributed by atoms with van der Waals surface area (Å²) in [6, 6.07) is 14.5. The van der Waals surface area contributed by atoms with Crippen molar-refractivity contribution in [3.8, 4) is 5.69 Å². The van der Waals surface area contributed by atoms with Crippen LogP contribution in [0.25, 0.3) is 5.69 Å². The predicted molar refractivity (Wildman–Crippen MR) is 133 cm³/mol. The zero-order valence-electron chi connectivity index (χ0n) is 19.9. The largest absolute Gasteiger partial charge is 0.444 e. The summed E-state index contributed by atoms with van der Waals surface area (Å²) in [5.74, 6) is -0.214. The first-order valence-corrected chi connectivity index (χ1v) is 11.7. The molecule has 0 fully saturated rings. The topological polar surface area (TPSA) is 67.7 Å². The number of anilines is 1. The van der Waals surface area contributed by atoms with Gasteiger partial charge in [-0.3, -0.25) is 9.69 Å². The molecule has 0 saturated heterocycles. The van der Waals surface area contributed by atoms with Crippen LogP contribution in [-0.4, -0.2) is 44.9 Å². The second kappa shape index (κ2) is 9.50. The van der Waals surface area contributed by atoms with Crippen LogP contribution in [0.5, 0.6) is 0 Å². The number of hydrogen-bond donors (Lipinski definition) is 0. The van der Waals surface area contributed by atoms with Gasteiger partial charge in [0.15, 0.2) is 0 Å². The molecule has 3 aromatic rings. The third kappa shape index (κ3) is 4.94. The molecular weight excluding hydrogens is 452 g/mol. The molecule has 178 valence electrons. The highest BCUT2D eigenvalue weighted by Gasteiger charge is 2.35. The van der Waals surface area contributed by atoms with Crippen molar-refractivity contribution in [2.75, 3.05) is 11.4 Å². The van der Waals surface area contributed by atoms with Crippen molar-refractivity contribution >= 4 is 29.3 Å². The molecule has 2 heterocycles. The summed E-state index contributed by atoms with van der Waals surface area (Å²) < 4.78 is 7.37. The number of hydrogen-bond acceptors (Lipinski definition) is 4. The van der Waals surface area contributed by atoms with Crippen LogP contribution in [0.1, 0.15) is 50.0 Å². The van der Waals surface area contributed by atoms with E-state index in [9.17, 15) is 9.59 Å². The van der Waals surface area contributed by atoms with Gasteiger partial charge < -0.3 is 9.64 Å². The van der Waals surface area contributed by atoms with E-state index in [0.717, 1.165) is 16.9 Å². The number of para-hydroxylation sites is 1. The lowest BCUT2D eigenvalue weighted by atomic mass is 10.1. The van der Waals surface area contributed by atoms with Gasteiger partial charge in [0.05, 0.1) is 28.9 Å². The average Bonchev–Trinajstić information content (AvgIpc) is 3.27. The van der Waals surface area contributed by atoms with Crippen LogP contribution < -0.4 is 4.90 Å². The summed E-state index contributed by atoms with van der Waals surface area (Å²) in [6.07, 6.45) is 3.78. The maximum Gasteiger partial charge on any atom is 0.410 e. The highest BCUT2D eigenvalue weighted by Crippen LogP contribution is 2.32. The highest BCUT2D eigenvalue weighted by atomic mass is 35.5. The summed E-state index contributed by atoms with van der Waals surface area (Å²) in [4.78, 5) is 30.3. The first kappa shape index (κ1) is 23.8. The van der Waals surface area contributed by atoms with Crippen molar-refractivity contribution in [3.05, 3.63) is 77.1 Å². The molecular formula is C26H29ClN4O3. The van der Waals surface area contributed by atoms with Gasteiger partial charge in [0.1, 0.15) is 5.60 Å². The average molecular weight is 481 g/mol. The van der Waals surface area contributed by atoms with Gasteiger partial charge in [0.2, 0.25) is 0 Å². The molecule has 1 aliphatic heterocycles. The minimum atomic E-state index is -0.611. The number of carbonyl (C=O) groups excluding carboxylic acids is 2. The van der Waals surface area contributed by atoms with Crippen molar-refractivity contribution in [2.45, 2.75) is 52.3 Å². The van der Waals surface area contributed by atoms with Gasteiger partial charge in [-0.2, -0.15) is 5.10 Å². The second-order valence-electron chi connectivity index (χ2n) is 9.33. The van der Waals surface area contributed by atoms with Gasteiger partial charge >= 0.3 is 6.09 Å². The third-order valence-electron chi connectivity index (χ3n) is 5.75. The Balaban J connectivity index is 1.69. The summed E-state index contributed by atoms with van der Waals surface area (Å²) in [5, 5.41) is 4.56. The Bertz CT molecular complexity index is 1190. The summed E-state index contributed by atoms with van der Waals surface area (Å²) >= 11 is 6.58. The number of aromatic nitrogens is 2. The van der Waals surface area contributed by atoms with E-state index in [1.165, 1.54) is 0 Å². The first-order chi connectivity index (χ1) is 16.2. The molecule has 1 atom stereocenters. The number of halogens is 1. The number of carbonyl (C=O) groups is 2. The Hall–Kier alpha value is -3.32. The quantitative estimate of drug-likeness (QED) is 0.482. The van der Waals surface area contributed by atoms with Crippen LogP contribution in [0.4, 0.5) is 10.5 Å². The molecule has 0 N–H and O–H groups in total. The molecule has 0 saturated carbocycles. The van der Waals surface area contributed by atoms with E-state index in [1.807, 2.05) is 70.3 Å². The second-order valence-corrected chi connectivity index (χ2v) is 9.74. The zero-order valence-corrected chi connectivity index (χ0v) is 20.6. The van der Waals surface area contributed by atoms with E-state index in [2.05, 4.69) is 5.10 Å². The number of nitrogens with zero attached hydrogens (tertiary/aromatic N) is 4. The SMILES string of the molecule is CC[C@@H]1CN(C(=O)c2ccc(-n3cccn3)cc2Cl)c2ccccc2CN1C(=O)OC(C)(C)C. The molecule has 34 heavy (non-hydrogen) atoms. The third-order valence-corrected chi connectivity index (χ3v) is 6.07. The smallest absolute Gasteiger partial charge is 0.410 e. The van der Waals surface area contributed by atoms with Crippen molar-refractivity contribution in [1.82, 2.24) is 14.7 Å². The fraction of sp³-hybridized carbons (Fsp3) is 0.346. The monoisotopic (exact) mass is 480 g/mol. The Morgan fingerprint density at radius 1 is 1.15 bits per heavy atom. The van der Waals surface area contributed by atoms with Gasteiger partial charge in [-0.15, -0.1) is 0 Å². The lowest BCUT2D eigenvalue weighted by Crippen LogP contribution is -2.47. The molecule has 8 heteroatoms. The molecule has 0 unspecified atom stereocenters. The van der Waals surface area contributed by atoms with Crippen LogP contribution in [0.2, 0.25) is 5.02 Å². The van der Waals surface area contributed by atoms with Crippen LogP contribution in [0.15, 0.2) is 60.9 Å². The molecule has 0 radical (unpaired) electrons. The molecule has 1 aliphatic rings. The van der Waals surface area contributed by atoms with E-state index in [-0.39, 0.29) is 18.0 Å². The number of ether oxygens (including phenoxy) is 1. The minimum absolute atomic E-state index is 0.214. The summed E-state index contributed by atoms with van der Waals surface area (Å²) in [6.45, 7) is 8.25. The van der Waals surface area contributed by atoms with Crippen LogP contribution in [-0.2, 0) is 11.3 Å². The van der Waals surface area contributed by atoms with E-state index in [4.69, 9.17) is 16.3 Å². The molecule has 2 aromatic carbocycles. The lowest BCUT2D eigenvalue weighted by molar-refractivity contribution is 0.0147. The standard InChI is InChI=1S/C26H29ClN4O3/c1-5-19-17-30(24(32)21-12-11-20(15-22(21)27)31-14-8-13-28-31)23-10-7-6-9-18(23)16-29(19)25(33)34-26(2,3)4/h6-15,19H,5,16-17H2,1-4H3/t19-/m1/s1. The minimum Gasteiger partial charge on any atom is -0.444 e. The highest BCUT2D eigenvalue weighted by molar-refractivity contribution is 6.34. The van der Waals surface area contributed by atoms with Gasteiger partial charge in [0, 0.05) is 24.6 Å². The maximum atomic E-state index is 13.8. The fourth-order valence-electron chi connectivity index (χ4n) is 4.09. The number of benzene rings is 2. The van der Waals surface area contributed by atoms with Gasteiger partial charge in [-0.05, 0) is 63.1 Å². The number of amides is 2. The van der Waals surface area contributed by atoms with Crippen LogP contribution in [0.3, 0.4) is 0 Å². The van der Waals surface area contributed by atoms with E-state index in [1.54, 1.807) is 32.8 Å². The molecule has 0 spiro atoms. The molecule has 4 rings (SSSR count). The summed E-state index contributed by atoms with van der Waals surface area (Å²) in [5.41, 5.74) is 2.20. The Kier molecular flexibility index (Phi) is 6.66. The molecule has 1 aromatic heterocycles. The van der Waals surface area contributed by atoms with E-state index < -0.39 is 5.60 Å². The van der Waals surface area contributed by atoms with Crippen molar-refractivity contribution in [2.24, 2.45) is 0 Å². The fourth-order valence-corrected chi connectivity index (χ4v) is 4.35. The van der Waals surface area contributed by atoms with Crippen molar-refractivity contribution < 1.29 is 14.3 Å². The van der Waals surface area contributed by atoms with Gasteiger partial charge in [-0.1, -0.05) is 36.7 Å². The molecule has 7 nitrogen and oxygen atoms in total. The first-order valence-electron chi connectivity index (χ1n) is 11.4. The van der Waals surface area contributed by atoms with Crippen molar-refractivity contribution in [3.63, 3.8) is 0 Å². The normalized spacial score (nSPS) is 16.1. The molecule has 2 amide bonds. The lowest BCUT2D eigenvalue weighted by Gasteiger charge is -2.33. The predicted octanol–water partition coefficient (Wildman–Crippen LogP) is 5.70. The van der Waals surface area contributed by atoms with Gasteiger partial charge in [0.25, 0.3) is 5.91 Å². The Labute approximate surface area is 204 Å². The van der Waals surface area contributed by atoms with Crippen LogP contribution >= 0.6 is 11.6 Å². The molecule has 0 bridgehead atoms. The Morgan fingerprint density at radius 2 is 1.91 bits per heavy atom. The Morgan fingerprint density at radius 3 is 2.56 bits per heavy atom. The number of fused-ring (bicyclic) bond motifs is 1.